The van der Waals surface area contributed by atoms with Gasteiger partial charge in [-0.05, 0) is 54.7 Å². The molecule has 0 aliphatic heterocycles. The zero-order valence-corrected chi connectivity index (χ0v) is 11.9. The predicted molar refractivity (Wildman–Crippen MR) is 82.4 cm³/mol. The molecule has 0 unspecified atom stereocenters. The average molecular weight is 286 g/mol. The minimum atomic E-state index is -0.135. The molecule has 1 saturated carbocycles. The Balaban J connectivity index is 1.69. The van der Waals surface area contributed by atoms with E-state index in [-0.39, 0.29) is 5.91 Å². The Bertz CT molecular complexity index is 617. The van der Waals surface area contributed by atoms with Gasteiger partial charge >= 0.3 is 0 Å². The second kappa shape index (κ2) is 5.68. The van der Waals surface area contributed by atoms with E-state index in [0.717, 1.165) is 5.69 Å². The van der Waals surface area contributed by atoms with E-state index in [0.29, 0.717) is 16.5 Å². The molecule has 0 radical (unpaired) electrons. The maximum Gasteiger partial charge on any atom is 0.255 e. The first-order valence-electron chi connectivity index (χ1n) is 6.89. The summed E-state index contributed by atoms with van der Waals surface area (Å²) in [5.74, 6) is 0.580. The number of amides is 1. The summed E-state index contributed by atoms with van der Waals surface area (Å²) in [4.78, 5) is 12.1. The lowest BCUT2D eigenvalue weighted by Gasteiger charge is -2.25. The van der Waals surface area contributed by atoms with Crippen molar-refractivity contribution in [3.05, 3.63) is 64.7 Å². The molecule has 3 heteroatoms. The van der Waals surface area contributed by atoms with Crippen LogP contribution in [0.2, 0.25) is 5.02 Å². The van der Waals surface area contributed by atoms with Crippen molar-refractivity contribution >= 4 is 23.2 Å². The molecular formula is C17H16ClNO. The van der Waals surface area contributed by atoms with Gasteiger partial charge in [-0.2, -0.15) is 0 Å². The molecule has 0 saturated heterocycles. The van der Waals surface area contributed by atoms with Crippen LogP contribution in [-0.2, 0) is 0 Å². The van der Waals surface area contributed by atoms with E-state index < -0.39 is 0 Å². The van der Waals surface area contributed by atoms with Gasteiger partial charge in [-0.3, -0.25) is 4.79 Å². The molecule has 1 amide bonds. The smallest absolute Gasteiger partial charge is 0.255 e. The van der Waals surface area contributed by atoms with Crippen LogP contribution in [0.1, 0.15) is 41.1 Å². The van der Waals surface area contributed by atoms with Crippen LogP contribution in [0.25, 0.3) is 0 Å². The van der Waals surface area contributed by atoms with Crippen LogP contribution in [-0.4, -0.2) is 5.91 Å². The van der Waals surface area contributed by atoms with Gasteiger partial charge in [0.2, 0.25) is 0 Å². The first kappa shape index (κ1) is 13.2. The lowest BCUT2D eigenvalue weighted by Crippen LogP contribution is -2.12. The minimum absolute atomic E-state index is 0.135. The van der Waals surface area contributed by atoms with Crippen molar-refractivity contribution in [2.24, 2.45) is 0 Å². The lowest BCUT2D eigenvalue weighted by molar-refractivity contribution is 0.102. The molecule has 2 aromatic carbocycles. The van der Waals surface area contributed by atoms with Crippen LogP contribution in [0.3, 0.4) is 0 Å². The van der Waals surface area contributed by atoms with E-state index in [1.54, 1.807) is 24.3 Å². The molecule has 0 atom stereocenters. The molecule has 1 aliphatic carbocycles. The highest BCUT2D eigenvalue weighted by molar-refractivity contribution is 6.31. The molecule has 1 fully saturated rings. The number of carbonyl (C=O) groups is 1. The Kier molecular flexibility index (Phi) is 3.75. The highest BCUT2D eigenvalue weighted by Gasteiger charge is 2.19. The number of hydrogen-bond donors (Lipinski definition) is 1. The maximum absolute atomic E-state index is 12.1. The summed E-state index contributed by atoms with van der Waals surface area (Å²) in [7, 11) is 0. The first-order valence-corrected chi connectivity index (χ1v) is 7.27. The quantitative estimate of drug-likeness (QED) is 0.857. The normalized spacial score (nSPS) is 14.7. The molecule has 2 aromatic rings. The molecule has 2 nitrogen and oxygen atoms in total. The summed E-state index contributed by atoms with van der Waals surface area (Å²) in [6, 6.07) is 15.1. The molecule has 0 spiro atoms. The van der Waals surface area contributed by atoms with Crippen LogP contribution in [0.4, 0.5) is 5.69 Å². The van der Waals surface area contributed by atoms with Crippen molar-refractivity contribution in [3.63, 3.8) is 0 Å². The number of benzene rings is 2. The molecule has 1 aliphatic rings. The summed E-state index contributed by atoms with van der Waals surface area (Å²) in [6.07, 6.45) is 3.90. The number of halogens is 1. The second-order valence-corrected chi connectivity index (χ2v) is 5.65. The number of rotatable bonds is 3. The standard InChI is InChI=1S/C17H16ClNO/c18-15-6-2-5-14(11-15)17(20)19-16-9-7-13(8-10-16)12-3-1-4-12/h2,5-12H,1,3-4H2,(H,19,20). The molecule has 0 bridgehead atoms. The fraction of sp³-hybridized carbons (Fsp3) is 0.235. The Morgan fingerprint density at radius 1 is 1.10 bits per heavy atom. The summed E-state index contributed by atoms with van der Waals surface area (Å²) < 4.78 is 0. The molecule has 0 heterocycles. The topological polar surface area (TPSA) is 29.1 Å². The van der Waals surface area contributed by atoms with E-state index in [2.05, 4.69) is 17.4 Å². The molecule has 3 rings (SSSR count). The van der Waals surface area contributed by atoms with Gasteiger partial charge in [-0.25, -0.2) is 0 Å². The van der Waals surface area contributed by atoms with Gasteiger partial charge in [0.05, 0.1) is 0 Å². The van der Waals surface area contributed by atoms with Crippen molar-refractivity contribution < 1.29 is 4.79 Å². The van der Waals surface area contributed by atoms with Crippen LogP contribution < -0.4 is 5.32 Å². The van der Waals surface area contributed by atoms with Gasteiger partial charge in [0, 0.05) is 16.3 Å². The van der Waals surface area contributed by atoms with E-state index in [1.807, 2.05) is 12.1 Å². The van der Waals surface area contributed by atoms with Crippen molar-refractivity contribution in [3.8, 4) is 0 Å². The third kappa shape index (κ3) is 2.86. The fourth-order valence-electron chi connectivity index (χ4n) is 2.41. The molecule has 102 valence electrons. The molecule has 20 heavy (non-hydrogen) atoms. The summed E-state index contributed by atoms with van der Waals surface area (Å²) in [5, 5.41) is 3.46. The third-order valence-electron chi connectivity index (χ3n) is 3.83. The number of hydrogen-bond acceptors (Lipinski definition) is 1. The van der Waals surface area contributed by atoms with Crippen molar-refractivity contribution in [2.75, 3.05) is 5.32 Å². The van der Waals surface area contributed by atoms with Crippen molar-refractivity contribution in [1.82, 2.24) is 0 Å². The third-order valence-corrected chi connectivity index (χ3v) is 4.07. The average Bonchev–Trinajstić information content (AvgIpc) is 2.39. The number of anilines is 1. The van der Waals surface area contributed by atoms with Gasteiger partial charge in [0.25, 0.3) is 5.91 Å². The van der Waals surface area contributed by atoms with Gasteiger partial charge in [0.15, 0.2) is 0 Å². The summed E-state index contributed by atoms with van der Waals surface area (Å²) in [5.41, 5.74) is 2.76. The molecular weight excluding hydrogens is 270 g/mol. The van der Waals surface area contributed by atoms with Crippen molar-refractivity contribution in [1.29, 1.82) is 0 Å². The van der Waals surface area contributed by atoms with Gasteiger partial charge < -0.3 is 5.32 Å². The first-order chi connectivity index (χ1) is 9.72. The van der Waals surface area contributed by atoms with E-state index >= 15 is 0 Å². The Morgan fingerprint density at radius 3 is 2.45 bits per heavy atom. The fourth-order valence-corrected chi connectivity index (χ4v) is 2.60. The van der Waals surface area contributed by atoms with Gasteiger partial charge in [-0.15, -0.1) is 0 Å². The second-order valence-electron chi connectivity index (χ2n) is 5.21. The minimum Gasteiger partial charge on any atom is -0.322 e. The lowest BCUT2D eigenvalue weighted by atomic mass is 9.80. The highest BCUT2D eigenvalue weighted by atomic mass is 35.5. The monoisotopic (exact) mass is 285 g/mol. The van der Waals surface area contributed by atoms with Crippen molar-refractivity contribution in [2.45, 2.75) is 25.2 Å². The predicted octanol–water partition coefficient (Wildman–Crippen LogP) is 4.86. The largest absolute Gasteiger partial charge is 0.322 e. The SMILES string of the molecule is O=C(Nc1ccc(C2CCC2)cc1)c1cccc(Cl)c1. The molecule has 1 N–H and O–H groups in total. The van der Waals surface area contributed by atoms with Gasteiger partial charge in [-0.1, -0.05) is 36.2 Å². The molecule has 0 aromatic heterocycles. The zero-order valence-electron chi connectivity index (χ0n) is 11.1. The van der Waals surface area contributed by atoms with E-state index in [4.69, 9.17) is 11.6 Å². The zero-order chi connectivity index (χ0) is 13.9. The Labute approximate surface area is 123 Å². The van der Waals surface area contributed by atoms with Crippen LogP contribution in [0.15, 0.2) is 48.5 Å². The van der Waals surface area contributed by atoms with Crippen LogP contribution in [0, 0.1) is 0 Å². The van der Waals surface area contributed by atoms with E-state index in [1.165, 1.54) is 24.8 Å². The summed E-state index contributed by atoms with van der Waals surface area (Å²) >= 11 is 5.89. The summed E-state index contributed by atoms with van der Waals surface area (Å²) in [6.45, 7) is 0. The number of nitrogens with one attached hydrogen (secondary N) is 1. The Hall–Kier alpha value is -1.80. The maximum atomic E-state index is 12.1. The van der Waals surface area contributed by atoms with Crippen LogP contribution in [0.5, 0.6) is 0 Å². The highest BCUT2D eigenvalue weighted by Crippen LogP contribution is 2.36. The number of carbonyl (C=O) groups excluding carboxylic acids is 1. The van der Waals surface area contributed by atoms with Gasteiger partial charge in [0.1, 0.15) is 0 Å². The Morgan fingerprint density at radius 2 is 1.85 bits per heavy atom. The van der Waals surface area contributed by atoms with Crippen LogP contribution >= 0.6 is 11.6 Å². The van der Waals surface area contributed by atoms with E-state index in [9.17, 15) is 4.79 Å².